The Labute approximate surface area is 55.4 Å². The van der Waals surface area contributed by atoms with Crippen LogP contribution in [0.4, 0.5) is 0 Å². The maximum absolute atomic E-state index is 6.87. The van der Waals surface area contributed by atoms with Gasteiger partial charge in [-0.3, -0.25) is 10.8 Å². The van der Waals surface area contributed by atoms with E-state index < -0.39 is 0 Å². The van der Waals surface area contributed by atoms with Gasteiger partial charge in [0.25, 0.3) is 0 Å². The summed E-state index contributed by atoms with van der Waals surface area (Å²) in [5.74, 6) is 0. The molecule has 0 saturated heterocycles. The summed E-state index contributed by atoms with van der Waals surface area (Å²) in [7, 11) is 0. The van der Waals surface area contributed by atoms with Crippen LogP contribution in [0.25, 0.3) is 0 Å². The average Bonchev–Trinajstić information content (AvgIpc) is 1.83. The molecule has 0 radical (unpaired) electrons. The molecule has 0 bridgehead atoms. The molecular formula is C4H2Cl2N2. The molecule has 1 aromatic carbocycles. The van der Waals surface area contributed by atoms with E-state index in [9.17, 15) is 0 Å². The summed E-state index contributed by atoms with van der Waals surface area (Å²) < 4.78 is 0. The monoisotopic (exact) mass is 148 g/mol. The van der Waals surface area contributed by atoms with Gasteiger partial charge in [-0.15, -0.1) is 0 Å². The zero-order valence-electron chi connectivity index (χ0n) is 3.76. The zero-order valence-corrected chi connectivity index (χ0v) is 5.27. The molecule has 0 saturated carbocycles. The normalized spacial score (nSPS) is 10.2. The van der Waals surface area contributed by atoms with E-state index in [1.54, 1.807) is 0 Å². The molecule has 8 heavy (non-hydrogen) atoms. The predicted octanol–water partition coefficient (Wildman–Crippen LogP) is 0.828. The molecule has 4 heteroatoms. The fraction of sp³-hybridized carbons (Fsp3) is 0. The van der Waals surface area contributed by atoms with Crippen LogP contribution in [0.3, 0.4) is 0 Å². The van der Waals surface area contributed by atoms with E-state index in [0.717, 1.165) is 0 Å². The minimum Gasteiger partial charge on any atom is -0.297 e. The summed E-state index contributed by atoms with van der Waals surface area (Å²) in [6.07, 6.45) is 0. The second-order valence-corrected chi connectivity index (χ2v) is 2.13. The van der Waals surface area contributed by atoms with Gasteiger partial charge in [-0.05, 0) is 0 Å². The Morgan fingerprint density at radius 1 is 0.875 bits per heavy atom. The van der Waals surface area contributed by atoms with Crippen LogP contribution in [0.15, 0.2) is 0 Å². The van der Waals surface area contributed by atoms with Crippen molar-refractivity contribution in [2.75, 3.05) is 0 Å². The van der Waals surface area contributed by atoms with Gasteiger partial charge in [-0.25, -0.2) is 0 Å². The minimum absolute atomic E-state index is 0.0386. The molecule has 0 atom stereocenters. The molecule has 0 aliphatic rings. The molecule has 0 spiro atoms. The van der Waals surface area contributed by atoms with E-state index in [4.69, 9.17) is 34.0 Å². The lowest BCUT2D eigenvalue weighted by molar-refractivity contribution is 1.10. The van der Waals surface area contributed by atoms with Crippen molar-refractivity contribution >= 4 is 23.2 Å². The first kappa shape index (κ1) is 5.79. The molecule has 0 unspecified atom stereocenters. The lowest BCUT2D eigenvalue weighted by Crippen LogP contribution is -2.31. The summed E-state index contributed by atoms with van der Waals surface area (Å²) in [6.45, 7) is 0. The van der Waals surface area contributed by atoms with Gasteiger partial charge in [0.1, 0.15) is 10.7 Å². The molecule has 0 aliphatic heterocycles. The molecule has 0 fully saturated rings. The Morgan fingerprint density at radius 3 is 1.25 bits per heavy atom. The van der Waals surface area contributed by atoms with Gasteiger partial charge in [0.2, 0.25) is 0 Å². The van der Waals surface area contributed by atoms with Crippen LogP contribution in [0, 0.1) is 10.8 Å². The van der Waals surface area contributed by atoms with Gasteiger partial charge in [-0.1, -0.05) is 23.2 Å². The van der Waals surface area contributed by atoms with Gasteiger partial charge in [-0.2, -0.15) is 0 Å². The Bertz CT molecular complexity index is 252. The molecule has 1 rings (SSSR count). The third-order valence-electron chi connectivity index (χ3n) is 0.882. The predicted molar refractivity (Wildman–Crippen MR) is 30.5 cm³/mol. The van der Waals surface area contributed by atoms with Gasteiger partial charge in [0.15, 0.2) is 0 Å². The lowest BCUT2D eigenvalue weighted by atomic mass is 10.3. The Hall–Kier alpha value is -0.340. The van der Waals surface area contributed by atoms with Gasteiger partial charge in [0, 0.05) is 0 Å². The van der Waals surface area contributed by atoms with Crippen LogP contribution >= 0.6 is 23.2 Å². The highest BCUT2D eigenvalue weighted by molar-refractivity contribution is 6.42. The van der Waals surface area contributed by atoms with Crippen LogP contribution < -0.4 is 10.7 Å². The maximum atomic E-state index is 6.87. The van der Waals surface area contributed by atoms with Crippen LogP contribution in [-0.2, 0) is 0 Å². The summed E-state index contributed by atoms with van der Waals surface area (Å²) in [5.41, 5.74) is 0. The first-order chi connectivity index (χ1) is 3.64. The van der Waals surface area contributed by atoms with E-state index in [1.165, 1.54) is 0 Å². The van der Waals surface area contributed by atoms with E-state index in [0.29, 0.717) is 0 Å². The Kier molecular flexibility index (Phi) is 1.14. The topological polar surface area (TPSA) is 47.7 Å². The van der Waals surface area contributed by atoms with Crippen LogP contribution in [0.1, 0.15) is 0 Å². The van der Waals surface area contributed by atoms with Crippen molar-refractivity contribution in [3.8, 4) is 0 Å². The van der Waals surface area contributed by atoms with Crippen LogP contribution in [0.2, 0.25) is 10.0 Å². The molecule has 2 N–H and O–H groups in total. The van der Waals surface area contributed by atoms with Crippen molar-refractivity contribution in [1.82, 2.24) is 0 Å². The number of rotatable bonds is 0. The molecule has 42 valence electrons. The molecule has 0 aliphatic carbocycles. The van der Waals surface area contributed by atoms with Crippen molar-refractivity contribution < 1.29 is 0 Å². The van der Waals surface area contributed by atoms with Crippen LogP contribution in [-0.4, -0.2) is 0 Å². The van der Waals surface area contributed by atoms with E-state index in [2.05, 4.69) is 0 Å². The third kappa shape index (κ3) is 0.501. The van der Waals surface area contributed by atoms with E-state index in [-0.39, 0.29) is 20.8 Å². The second kappa shape index (κ2) is 1.57. The van der Waals surface area contributed by atoms with E-state index >= 15 is 0 Å². The van der Waals surface area contributed by atoms with Crippen molar-refractivity contribution in [2.24, 2.45) is 0 Å². The highest BCUT2D eigenvalue weighted by Crippen LogP contribution is 2.12. The Balaban J connectivity index is 3.48. The fourth-order valence-electron chi connectivity index (χ4n) is 0.376. The number of hydrogen-bond donors (Lipinski definition) is 2. The number of hydrogen-bond acceptors (Lipinski definition) is 2. The maximum Gasteiger partial charge on any atom is 0.101 e. The first-order valence-corrected chi connectivity index (χ1v) is 2.63. The van der Waals surface area contributed by atoms with Gasteiger partial charge in [0.05, 0.1) is 10.0 Å². The number of halogens is 2. The highest BCUT2D eigenvalue weighted by atomic mass is 35.5. The lowest BCUT2D eigenvalue weighted by Gasteiger charge is -1.96. The molecule has 1 aromatic rings. The summed E-state index contributed by atoms with van der Waals surface area (Å²) in [4.78, 5) is 0. The van der Waals surface area contributed by atoms with Crippen molar-refractivity contribution in [2.45, 2.75) is 0 Å². The molecule has 2 nitrogen and oxygen atoms in total. The summed E-state index contributed by atoms with van der Waals surface area (Å²) in [6, 6.07) is 0. The zero-order chi connectivity index (χ0) is 6.31. The smallest absolute Gasteiger partial charge is 0.101 e. The average molecular weight is 149 g/mol. The molecule has 0 heterocycles. The van der Waals surface area contributed by atoms with Gasteiger partial charge >= 0.3 is 0 Å². The first-order valence-electron chi connectivity index (χ1n) is 1.88. The van der Waals surface area contributed by atoms with Crippen molar-refractivity contribution in [3.63, 3.8) is 0 Å². The number of nitrogens with one attached hydrogen (secondary N) is 2. The van der Waals surface area contributed by atoms with Gasteiger partial charge < -0.3 is 0 Å². The van der Waals surface area contributed by atoms with Crippen LogP contribution in [0.5, 0.6) is 0 Å². The third-order valence-corrected chi connectivity index (χ3v) is 1.73. The Morgan fingerprint density at radius 2 is 1.12 bits per heavy atom. The quantitative estimate of drug-likeness (QED) is 0.548. The molecule has 0 aromatic heterocycles. The van der Waals surface area contributed by atoms with Crippen molar-refractivity contribution in [1.29, 1.82) is 10.8 Å². The summed E-state index contributed by atoms with van der Waals surface area (Å²) in [5, 5.41) is 14.2. The van der Waals surface area contributed by atoms with Crippen molar-refractivity contribution in [3.05, 3.63) is 20.8 Å². The summed E-state index contributed by atoms with van der Waals surface area (Å²) >= 11 is 10.7. The fourth-order valence-corrected chi connectivity index (χ4v) is 0.754. The highest BCUT2D eigenvalue weighted by Gasteiger charge is 2.08. The molecule has 0 amide bonds. The minimum atomic E-state index is 0.0386. The standard InChI is InChI=1S/C4H2Cl2N2/c5-1-2(6)4(8)3(1)7/h7-8H. The second-order valence-electron chi connectivity index (χ2n) is 1.38. The molecular weight excluding hydrogens is 147 g/mol. The van der Waals surface area contributed by atoms with E-state index in [1.807, 2.05) is 0 Å². The SMILES string of the molecule is N=c1c(Cl)c(Cl)c1=N. The largest absolute Gasteiger partial charge is 0.297 e.